The molecule has 0 unspecified atom stereocenters. The summed E-state index contributed by atoms with van der Waals surface area (Å²) in [5.74, 6) is -1.27. The van der Waals surface area contributed by atoms with Crippen molar-refractivity contribution in [1.29, 1.82) is 0 Å². The Bertz CT molecular complexity index is 1170. The van der Waals surface area contributed by atoms with Gasteiger partial charge < -0.3 is 21.3 Å². The van der Waals surface area contributed by atoms with E-state index in [1.165, 1.54) is 0 Å². The molecular formula is C24H31F3N8O2. The third-order valence-corrected chi connectivity index (χ3v) is 7.09. The van der Waals surface area contributed by atoms with E-state index >= 15 is 0 Å². The third kappa shape index (κ3) is 5.60. The molecule has 0 saturated carbocycles. The molecule has 4 heterocycles. The summed E-state index contributed by atoms with van der Waals surface area (Å²) in [4.78, 5) is 41.6. The molecular weight excluding hydrogens is 489 g/mol. The van der Waals surface area contributed by atoms with Crippen molar-refractivity contribution in [2.45, 2.75) is 51.4 Å². The van der Waals surface area contributed by atoms with Crippen LogP contribution < -0.4 is 16.4 Å². The lowest BCUT2D eigenvalue weighted by Gasteiger charge is -2.47. The number of amides is 2. The number of halogens is 3. The average Bonchev–Trinajstić information content (AvgIpc) is 2.87. The number of nitrogens with two attached hydrogens (primary N) is 2. The monoisotopic (exact) mass is 520 g/mol. The summed E-state index contributed by atoms with van der Waals surface area (Å²) >= 11 is 0. The van der Waals surface area contributed by atoms with Crippen LogP contribution in [0.2, 0.25) is 0 Å². The number of piperidine rings is 1. The van der Waals surface area contributed by atoms with E-state index < -0.39 is 23.5 Å². The summed E-state index contributed by atoms with van der Waals surface area (Å²) in [6, 6.07) is 3.66. The lowest BCUT2D eigenvalue weighted by Crippen LogP contribution is -2.59. The Hall–Kier alpha value is -3.48. The van der Waals surface area contributed by atoms with Gasteiger partial charge >= 0.3 is 6.18 Å². The molecule has 2 aromatic heterocycles. The van der Waals surface area contributed by atoms with Crippen LogP contribution in [-0.2, 0) is 6.18 Å². The van der Waals surface area contributed by atoms with Gasteiger partial charge in [-0.1, -0.05) is 6.92 Å². The highest BCUT2D eigenvalue weighted by molar-refractivity contribution is 5.98. The number of nitrogen functional groups attached to an aromatic ring is 1. The molecule has 10 nitrogen and oxygen atoms in total. The van der Waals surface area contributed by atoms with Gasteiger partial charge in [0.25, 0.3) is 11.8 Å². The van der Waals surface area contributed by atoms with Crippen LogP contribution in [0, 0.1) is 6.92 Å². The van der Waals surface area contributed by atoms with Crippen LogP contribution in [-0.4, -0.2) is 81.4 Å². The Labute approximate surface area is 212 Å². The summed E-state index contributed by atoms with van der Waals surface area (Å²) in [6.45, 7) is 6.15. The van der Waals surface area contributed by atoms with Crippen LogP contribution in [0.3, 0.4) is 0 Å². The van der Waals surface area contributed by atoms with Crippen LogP contribution in [0.4, 0.5) is 24.8 Å². The van der Waals surface area contributed by atoms with Crippen molar-refractivity contribution in [3.63, 3.8) is 0 Å². The lowest BCUT2D eigenvalue weighted by molar-refractivity contribution is -0.141. The van der Waals surface area contributed by atoms with E-state index in [1.807, 2.05) is 13.8 Å². The van der Waals surface area contributed by atoms with Gasteiger partial charge in [-0.15, -0.1) is 0 Å². The van der Waals surface area contributed by atoms with Gasteiger partial charge in [-0.2, -0.15) is 13.2 Å². The Morgan fingerprint density at radius 3 is 2.41 bits per heavy atom. The molecule has 2 amide bonds. The zero-order valence-electron chi connectivity index (χ0n) is 20.8. The molecule has 2 aromatic rings. The van der Waals surface area contributed by atoms with Crippen LogP contribution in [0.25, 0.3) is 0 Å². The number of likely N-dealkylation sites (tertiary alicyclic amines) is 1. The molecule has 2 saturated heterocycles. The Kier molecular flexibility index (Phi) is 7.53. The molecule has 200 valence electrons. The van der Waals surface area contributed by atoms with E-state index in [0.29, 0.717) is 38.3 Å². The van der Waals surface area contributed by atoms with Crippen molar-refractivity contribution in [2.24, 2.45) is 5.73 Å². The smallest absolute Gasteiger partial charge is 0.383 e. The van der Waals surface area contributed by atoms with Crippen molar-refractivity contribution < 1.29 is 22.8 Å². The summed E-state index contributed by atoms with van der Waals surface area (Å²) < 4.78 is 41.2. The first-order valence-electron chi connectivity index (χ1n) is 12.3. The van der Waals surface area contributed by atoms with Gasteiger partial charge in [-0.25, -0.2) is 15.0 Å². The van der Waals surface area contributed by atoms with E-state index in [2.05, 4.69) is 19.9 Å². The normalized spacial score (nSPS) is 19.8. The van der Waals surface area contributed by atoms with Crippen LogP contribution in [0.15, 0.2) is 18.3 Å². The number of carbonyl (C=O) groups excluding carboxylic acids is 2. The highest BCUT2D eigenvalue weighted by Crippen LogP contribution is 2.35. The fraction of sp³-hybridized carbons (Fsp3) is 0.542. The number of nitrogens with zero attached hydrogens (tertiary/aromatic N) is 6. The fourth-order valence-electron chi connectivity index (χ4n) is 5.16. The molecule has 2 aliphatic rings. The fourth-order valence-corrected chi connectivity index (χ4v) is 5.16. The predicted molar refractivity (Wildman–Crippen MR) is 131 cm³/mol. The number of primary amides is 1. The van der Waals surface area contributed by atoms with E-state index in [-0.39, 0.29) is 29.6 Å². The molecule has 2 aliphatic heterocycles. The van der Waals surface area contributed by atoms with E-state index in [0.717, 1.165) is 31.2 Å². The second kappa shape index (κ2) is 10.5. The summed E-state index contributed by atoms with van der Waals surface area (Å²) in [5, 5.41) is 0. The van der Waals surface area contributed by atoms with Gasteiger partial charge in [0.15, 0.2) is 11.5 Å². The Morgan fingerprint density at radius 1 is 1.11 bits per heavy atom. The molecule has 37 heavy (non-hydrogen) atoms. The predicted octanol–water partition coefficient (Wildman–Crippen LogP) is 2.09. The second-order valence-corrected chi connectivity index (χ2v) is 9.44. The van der Waals surface area contributed by atoms with Gasteiger partial charge in [0, 0.05) is 50.5 Å². The van der Waals surface area contributed by atoms with Crippen molar-refractivity contribution in [3.05, 3.63) is 41.0 Å². The standard InChI is InChI=1S/C24H31F3N8O2/c1-3-15-13-34(22-19(24(25,26)27)32-18(12-30-22)21(29)36)10-11-35(15)16-6-8-33(9-7-16)23(37)17-5-4-14(2)31-20(17)28/h4-5,12,15-16H,3,6-11,13H2,1-2H3,(H2,28,31)(H2,29,36)/t15-/m0/s1. The minimum absolute atomic E-state index is 0.00311. The number of piperazine rings is 1. The minimum atomic E-state index is -4.78. The number of anilines is 2. The molecule has 1 atom stereocenters. The van der Waals surface area contributed by atoms with E-state index in [1.54, 1.807) is 21.9 Å². The first-order valence-corrected chi connectivity index (χ1v) is 12.3. The summed E-state index contributed by atoms with van der Waals surface area (Å²) in [5.41, 5.74) is 10.5. The highest BCUT2D eigenvalue weighted by atomic mass is 19.4. The number of rotatable bonds is 5. The molecule has 0 radical (unpaired) electrons. The maximum absolute atomic E-state index is 13.7. The number of hydrogen-bond donors (Lipinski definition) is 2. The van der Waals surface area contributed by atoms with Crippen molar-refractivity contribution in [3.8, 4) is 0 Å². The molecule has 0 aromatic carbocycles. The largest absolute Gasteiger partial charge is 0.437 e. The first kappa shape index (κ1) is 26.6. The maximum Gasteiger partial charge on any atom is 0.437 e. The summed E-state index contributed by atoms with van der Waals surface area (Å²) in [6.07, 6.45) is -1.55. The van der Waals surface area contributed by atoms with Gasteiger partial charge in [-0.05, 0) is 38.3 Å². The van der Waals surface area contributed by atoms with Crippen molar-refractivity contribution in [2.75, 3.05) is 43.4 Å². The first-order chi connectivity index (χ1) is 17.5. The van der Waals surface area contributed by atoms with Gasteiger partial charge in [0.05, 0.1) is 11.8 Å². The molecule has 4 N–H and O–H groups in total. The van der Waals surface area contributed by atoms with Crippen LogP contribution >= 0.6 is 0 Å². The Morgan fingerprint density at radius 2 is 1.81 bits per heavy atom. The Balaban J connectivity index is 1.43. The highest BCUT2D eigenvalue weighted by Gasteiger charge is 2.41. The lowest BCUT2D eigenvalue weighted by atomic mass is 9.97. The van der Waals surface area contributed by atoms with E-state index in [9.17, 15) is 22.8 Å². The van der Waals surface area contributed by atoms with Crippen molar-refractivity contribution >= 4 is 23.5 Å². The van der Waals surface area contributed by atoms with Crippen LogP contribution in [0.1, 0.15) is 58.4 Å². The topological polar surface area (TPSA) is 135 Å². The maximum atomic E-state index is 13.7. The number of carbonyl (C=O) groups is 2. The molecule has 0 aliphatic carbocycles. The van der Waals surface area contributed by atoms with Gasteiger partial charge in [0.1, 0.15) is 11.5 Å². The van der Waals surface area contributed by atoms with Gasteiger partial charge in [-0.3, -0.25) is 14.5 Å². The number of aryl methyl sites for hydroxylation is 1. The quantitative estimate of drug-likeness (QED) is 0.612. The molecule has 2 fully saturated rings. The van der Waals surface area contributed by atoms with E-state index in [4.69, 9.17) is 11.5 Å². The number of alkyl halides is 3. The van der Waals surface area contributed by atoms with Gasteiger partial charge in [0.2, 0.25) is 0 Å². The molecule has 0 bridgehead atoms. The van der Waals surface area contributed by atoms with Crippen LogP contribution in [0.5, 0.6) is 0 Å². The second-order valence-electron chi connectivity index (χ2n) is 9.44. The number of aromatic nitrogens is 3. The molecule has 13 heteroatoms. The zero-order chi connectivity index (χ0) is 26.9. The number of hydrogen-bond acceptors (Lipinski definition) is 8. The summed E-state index contributed by atoms with van der Waals surface area (Å²) in [7, 11) is 0. The SMILES string of the molecule is CC[C@H]1CN(c2ncc(C(N)=O)nc2C(F)(F)F)CCN1C1CCN(C(=O)c2ccc(C)nc2N)CC1. The minimum Gasteiger partial charge on any atom is -0.383 e. The molecule has 0 spiro atoms. The third-order valence-electron chi connectivity index (χ3n) is 7.09. The number of pyridine rings is 1. The molecule has 4 rings (SSSR count). The average molecular weight is 521 g/mol. The zero-order valence-corrected chi connectivity index (χ0v) is 20.8. The van der Waals surface area contributed by atoms with Crippen molar-refractivity contribution in [1.82, 2.24) is 24.8 Å².